The molecule has 1 heterocycles. The second-order valence-electron chi connectivity index (χ2n) is 5.25. The van der Waals surface area contributed by atoms with Gasteiger partial charge in [0.15, 0.2) is 0 Å². The maximum atomic E-state index is 12.1. The van der Waals surface area contributed by atoms with Gasteiger partial charge in [0.25, 0.3) is 0 Å². The van der Waals surface area contributed by atoms with Gasteiger partial charge in [-0.1, -0.05) is 12.1 Å². The molecule has 0 radical (unpaired) electrons. The molecule has 114 valence electrons. The maximum Gasteiger partial charge on any atom is 0.242 e. The van der Waals surface area contributed by atoms with Crippen LogP contribution in [0.15, 0.2) is 29.2 Å². The van der Waals surface area contributed by atoms with Crippen LogP contribution in [0.5, 0.6) is 0 Å². The zero-order valence-corrected chi connectivity index (χ0v) is 13.1. The van der Waals surface area contributed by atoms with Gasteiger partial charge < -0.3 is 5.32 Å². The molecule has 1 N–H and O–H groups in total. The summed E-state index contributed by atoms with van der Waals surface area (Å²) >= 11 is 0. The van der Waals surface area contributed by atoms with Crippen molar-refractivity contribution >= 4 is 10.0 Å². The van der Waals surface area contributed by atoms with Crippen LogP contribution in [0.25, 0.3) is 0 Å². The molecule has 2 rings (SSSR count). The highest BCUT2D eigenvalue weighted by Crippen LogP contribution is 2.17. The lowest BCUT2D eigenvalue weighted by Gasteiger charge is -2.31. The first-order valence-electron chi connectivity index (χ1n) is 6.81. The molecule has 1 unspecified atom stereocenters. The van der Waals surface area contributed by atoms with Gasteiger partial charge in [0.1, 0.15) is 6.04 Å². The summed E-state index contributed by atoms with van der Waals surface area (Å²) in [5.74, 6) is 0. The number of nitrogens with one attached hydrogen (secondary N) is 1. The van der Waals surface area contributed by atoms with Crippen LogP contribution in [-0.4, -0.2) is 57.4 Å². The van der Waals surface area contributed by atoms with E-state index < -0.39 is 10.0 Å². The average molecular weight is 308 g/mol. The topological polar surface area (TPSA) is 76.4 Å². The molecule has 1 aromatic rings. The monoisotopic (exact) mass is 308 g/mol. The summed E-state index contributed by atoms with van der Waals surface area (Å²) in [5.41, 5.74) is 0.903. The normalized spacial score (nSPS) is 20.4. The predicted octanol–water partition coefficient (Wildman–Crippen LogP) is 0.234. The second kappa shape index (κ2) is 6.54. The Bertz CT molecular complexity index is 637. The molecular formula is C14H20N4O2S. The Morgan fingerprint density at radius 1 is 1.48 bits per heavy atom. The lowest BCUT2D eigenvalue weighted by Crippen LogP contribution is -2.49. The Balaban J connectivity index is 2.20. The highest BCUT2D eigenvalue weighted by molar-refractivity contribution is 7.89. The van der Waals surface area contributed by atoms with E-state index in [1.807, 2.05) is 6.07 Å². The van der Waals surface area contributed by atoms with Gasteiger partial charge in [0, 0.05) is 40.3 Å². The van der Waals surface area contributed by atoms with Gasteiger partial charge in [0.05, 0.1) is 11.0 Å². The van der Waals surface area contributed by atoms with Crippen LogP contribution >= 0.6 is 0 Å². The summed E-state index contributed by atoms with van der Waals surface area (Å²) < 4.78 is 25.5. The highest BCUT2D eigenvalue weighted by Gasteiger charge is 2.22. The van der Waals surface area contributed by atoms with E-state index in [0.717, 1.165) is 18.7 Å². The molecular weight excluding hydrogens is 288 g/mol. The van der Waals surface area contributed by atoms with Crippen molar-refractivity contribution in [2.75, 3.05) is 33.7 Å². The maximum absolute atomic E-state index is 12.1. The lowest BCUT2D eigenvalue weighted by molar-refractivity contribution is 0.189. The van der Waals surface area contributed by atoms with Crippen molar-refractivity contribution in [1.29, 1.82) is 5.26 Å². The summed E-state index contributed by atoms with van der Waals surface area (Å²) in [4.78, 5) is 2.35. The molecule has 1 fully saturated rings. The minimum absolute atomic E-state index is 0.173. The molecule has 7 heteroatoms. The largest absolute Gasteiger partial charge is 0.313 e. The number of hydrogen-bond acceptors (Lipinski definition) is 5. The molecule has 0 amide bonds. The van der Waals surface area contributed by atoms with Crippen LogP contribution in [0, 0.1) is 11.3 Å². The highest BCUT2D eigenvalue weighted by atomic mass is 32.2. The van der Waals surface area contributed by atoms with Crippen molar-refractivity contribution in [1.82, 2.24) is 14.5 Å². The molecule has 0 aliphatic carbocycles. The van der Waals surface area contributed by atoms with E-state index in [1.165, 1.54) is 18.4 Å². The third-order valence-corrected chi connectivity index (χ3v) is 5.38. The molecule has 0 spiro atoms. The number of piperazine rings is 1. The summed E-state index contributed by atoms with van der Waals surface area (Å²) in [6, 6.07) is 9.02. The van der Waals surface area contributed by atoms with E-state index in [0.29, 0.717) is 13.1 Å². The number of benzene rings is 1. The zero-order chi connectivity index (χ0) is 15.5. The quantitative estimate of drug-likeness (QED) is 0.862. The van der Waals surface area contributed by atoms with E-state index in [4.69, 9.17) is 5.26 Å². The first-order chi connectivity index (χ1) is 9.95. The molecule has 1 atom stereocenters. The fourth-order valence-corrected chi connectivity index (χ4v) is 3.29. The average Bonchev–Trinajstić information content (AvgIpc) is 2.48. The number of nitriles is 1. The van der Waals surface area contributed by atoms with Crippen LogP contribution in [0.4, 0.5) is 0 Å². The molecule has 0 aromatic heterocycles. The first kappa shape index (κ1) is 15.9. The van der Waals surface area contributed by atoms with Crippen LogP contribution in [0.2, 0.25) is 0 Å². The first-order valence-corrected chi connectivity index (χ1v) is 8.25. The van der Waals surface area contributed by atoms with Crippen LogP contribution in [0.1, 0.15) is 5.56 Å². The van der Waals surface area contributed by atoms with Crippen molar-refractivity contribution in [3.05, 3.63) is 29.8 Å². The molecule has 1 aliphatic heterocycles. The predicted molar refractivity (Wildman–Crippen MR) is 80.0 cm³/mol. The molecule has 1 saturated heterocycles. The SMILES string of the molecule is CN(C)S(=O)(=O)c1cccc(CN2CCNCC2C#N)c1. The van der Waals surface area contributed by atoms with Crippen molar-refractivity contribution < 1.29 is 8.42 Å². The minimum Gasteiger partial charge on any atom is -0.313 e. The summed E-state index contributed by atoms with van der Waals surface area (Å²) in [5, 5.41) is 12.3. The van der Waals surface area contributed by atoms with Crippen molar-refractivity contribution in [2.45, 2.75) is 17.5 Å². The van der Waals surface area contributed by atoms with E-state index in [-0.39, 0.29) is 10.9 Å². The number of nitrogens with zero attached hydrogens (tertiary/aromatic N) is 3. The van der Waals surface area contributed by atoms with E-state index in [1.54, 1.807) is 18.2 Å². The molecule has 1 aromatic carbocycles. The fraction of sp³-hybridized carbons (Fsp3) is 0.500. The van der Waals surface area contributed by atoms with Crippen LogP contribution in [-0.2, 0) is 16.6 Å². The van der Waals surface area contributed by atoms with Crippen LogP contribution in [0.3, 0.4) is 0 Å². The van der Waals surface area contributed by atoms with Crippen LogP contribution < -0.4 is 5.32 Å². The van der Waals surface area contributed by atoms with Gasteiger partial charge in [-0.05, 0) is 17.7 Å². The fourth-order valence-electron chi connectivity index (χ4n) is 2.31. The summed E-state index contributed by atoms with van der Waals surface area (Å²) in [6.07, 6.45) is 0. The summed E-state index contributed by atoms with van der Waals surface area (Å²) in [7, 11) is -0.386. The van der Waals surface area contributed by atoms with Crippen molar-refractivity contribution in [3.8, 4) is 6.07 Å². The molecule has 0 saturated carbocycles. The molecule has 1 aliphatic rings. The van der Waals surface area contributed by atoms with Gasteiger partial charge >= 0.3 is 0 Å². The number of rotatable bonds is 4. The number of hydrogen-bond donors (Lipinski definition) is 1. The Morgan fingerprint density at radius 3 is 2.90 bits per heavy atom. The standard InChI is InChI=1S/C14H20N4O2S/c1-17(2)21(19,20)14-5-3-4-12(8-14)11-18-7-6-16-10-13(18)9-15/h3-5,8,13,16H,6-7,10-11H2,1-2H3. The molecule has 21 heavy (non-hydrogen) atoms. The molecule has 0 bridgehead atoms. The van der Waals surface area contributed by atoms with Gasteiger partial charge in [-0.2, -0.15) is 5.26 Å². The molecule has 6 nitrogen and oxygen atoms in total. The van der Waals surface area contributed by atoms with E-state index in [2.05, 4.69) is 16.3 Å². The van der Waals surface area contributed by atoms with Crippen molar-refractivity contribution in [3.63, 3.8) is 0 Å². The smallest absolute Gasteiger partial charge is 0.242 e. The Hall–Kier alpha value is -1.46. The number of sulfonamides is 1. The van der Waals surface area contributed by atoms with Crippen molar-refractivity contribution in [2.24, 2.45) is 0 Å². The second-order valence-corrected chi connectivity index (χ2v) is 7.41. The summed E-state index contributed by atoms with van der Waals surface area (Å²) in [6.45, 7) is 2.85. The minimum atomic E-state index is -3.42. The van der Waals surface area contributed by atoms with Gasteiger partial charge in [-0.25, -0.2) is 12.7 Å². The Labute approximate surface area is 126 Å². The third kappa shape index (κ3) is 3.60. The Kier molecular flexibility index (Phi) is 4.96. The van der Waals surface area contributed by atoms with E-state index >= 15 is 0 Å². The van der Waals surface area contributed by atoms with Gasteiger partial charge in [0.2, 0.25) is 10.0 Å². The zero-order valence-electron chi connectivity index (χ0n) is 12.3. The van der Waals surface area contributed by atoms with E-state index in [9.17, 15) is 8.42 Å². The Morgan fingerprint density at radius 2 is 2.24 bits per heavy atom. The lowest BCUT2D eigenvalue weighted by atomic mass is 10.1. The van der Waals surface area contributed by atoms with Gasteiger partial charge in [-0.15, -0.1) is 0 Å². The third-order valence-electron chi connectivity index (χ3n) is 3.57. The van der Waals surface area contributed by atoms with Gasteiger partial charge in [-0.3, -0.25) is 4.90 Å².